The lowest BCUT2D eigenvalue weighted by Crippen LogP contribution is -2.48. The number of benzene rings is 2. The van der Waals surface area contributed by atoms with E-state index in [-0.39, 0.29) is 46.3 Å². The Kier molecular flexibility index (Phi) is 6.71. The first kappa shape index (κ1) is 26.2. The minimum absolute atomic E-state index is 0.00260. The van der Waals surface area contributed by atoms with Crippen LogP contribution in [0.25, 0.3) is 10.9 Å². The fourth-order valence-electron chi connectivity index (χ4n) is 5.32. The number of H-pyrrole nitrogens is 1. The number of anilines is 1. The smallest absolute Gasteiger partial charge is 0.378 e. The van der Waals surface area contributed by atoms with Crippen molar-refractivity contribution >= 4 is 22.5 Å². The Labute approximate surface area is 218 Å². The third-order valence-corrected chi connectivity index (χ3v) is 7.16. The zero-order valence-electron chi connectivity index (χ0n) is 21.8. The largest absolute Gasteiger partial charge is 0.416 e. The van der Waals surface area contributed by atoms with Gasteiger partial charge in [0.15, 0.2) is 0 Å². The Morgan fingerprint density at radius 2 is 1.84 bits per heavy atom. The van der Waals surface area contributed by atoms with Crippen molar-refractivity contribution in [2.45, 2.75) is 70.9 Å². The average Bonchev–Trinajstić information content (AvgIpc) is 3.67. The van der Waals surface area contributed by atoms with Gasteiger partial charge >= 0.3 is 6.18 Å². The minimum atomic E-state index is -4.63. The number of aromatic nitrogens is 2. The number of carbonyl (C=O) groups excluding carboxylic acids is 1. The lowest BCUT2D eigenvalue weighted by atomic mass is 9.97. The van der Waals surface area contributed by atoms with Crippen molar-refractivity contribution in [2.24, 2.45) is 0 Å². The van der Waals surface area contributed by atoms with Crippen LogP contribution in [0.3, 0.4) is 0 Å². The van der Waals surface area contributed by atoms with Gasteiger partial charge in [-0.2, -0.15) is 13.2 Å². The predicted molar refractivity (Wildman–Crippen MR) is 138 cm³/mol. The average molecular weight is 529 g/mol. The Morgan fingerprint density at radius 1 is 1.16 bits per heavy atom. The molecule has 2 N–H and O–H groups in total. The number of hydrogen-bond donors (Lipinski definition) is 2. The number of fused-ring (bicyclic) bond motifs is 1. The highest BCUT2D eigenvalue weighted by atomic mass is 19.4. The first-order chi connectivity index (χ1) is 17.9. The molecule has 10 heteroatoms. The van der Waals surface area contributed by atoms with Gasteiger partial charge in [0, 0.05) is 30.4 Å². The van der Waals surface area contributed by atoms with Crippen LogP contribution in [0.1, 0.15) is 78.4 Å². The molecule has 38 heavy (non-hydrogen) atoms. The highest BCUT2D eigenvalue weighted by molar-refractivity contribution is 5.95. The molecular weight excluding hydrogens is 497 g/mol. The number of aromatic amines is 1. The first-order valence-corrected chi connectivity index (χ1v) is 12.9. The molecule has 202 valence electrons. The summed E-state index contributed by atoms with van der Waals surface area (Å²) >= 11 is 0. The molecule has 0 bridgehead atoms. The summed E-state index contributed by atoms with van der Waals surface area (Å²) in [5.74, 6) is 0.414. The summed E-state index contributed by atoms with van der Waals surface area (Å²) in [5, 5.41) is 3.34. The highest BCUT2D eigenvalue weighted by Crippen LogP contribution is 2.45. The molecule has 0 spiro atoms. The molecular formula is C28H31F3N4O3. The monoisotopic (exact) mass is 528 g/mol. The number of halogens is 3. The molecule has 3 aromatic rings. The number of alkyl halides is 3. The fourth-order valence-corrected chi connectivity index (χ4v) is 5.32. The van der Waals surface area contributed by atoms with Gasteiger partial charge in [0.2, 0.25) is 0 Å². The SMILES string of the molecule is Cc1nc2cc(C(F)(F)F)c([C@H](C)Nc3ccc(C(=O)N4C[C@@H](C)O[C@@H](C)C4)cc3C3CC3)cc2c(=O)[nH]1. The Bertz CT molecular complexity index is 1440. The van der Waals surface area contributed by atoms with E-state index in [1.165, 1.54) is 13.0 Å². The van der Waals surface area contributed by atoms with Gasteiger partial charge in [-0.05, 0) is 87.9 Å². The van der Waals surface area contributed by atoms with E-state index in [0.29, 0.717) is 24.3 Å². The molecule has 5 rings (SSSR count). The Morgan fingerprint density at radius 3 is 2.47 bits per heavy atom. The summed E-state index contributed by atoms with van der Waals surface area (Å²) in [4.78, 5) is 34.2. The van der Waals surface area contributed by atoms with E-state index in [0.717, 1.165) is 24.5 Å². The van der Waals surface area contributed by atoms with E-state index in [1.807, 2.05) is 19.9 Å². The summed E-state index contributed by atoms with van der Waals surface area (Å²) in [6.45, 7) is 8.06. The minimum Gasteiger partial charge on any atom is -0.378 e. The lowest BCUT2D eigenvalue weighted by molar-refractivity contribution is -0.138. The van der Waals surface area contributed by atoms with Crippen molar-refractivity contribution in [2.75, 3.05) is 18.4 Å². The second kappa shape index (κ2) is 9.72. The second-order valence-corrected chi connectivity index (χ2v) is 10.5. The maximum Gasteiger partial charge on any atom is 0.416 e. The van der Waals surface area contributed by atoms with E-state index >= 15 is 0 Å². The molecule has 3 atom stereocenters. The van der Waals surface area contributed by atoms with Crippen molar-refractivity contribution in [3.63, 3.8) is 0 Å². The lowest BCUT2D eigenvalue weighted by Gasteiger charge is -2.35. The molecule has 2 fully saturated rings. The van der Waals surface area contributed by atoms with Crippen LogP contribution in [-0.2, 0) is 10.9 Å². The molecule has 2 aromatic carbocycles. The molecule has 2 heterocycles. The molecule has 1 aliphatic carbocycles. The summed E-state index contributed by atoms with van der Waals surface area (Å²) in [6, 6.07) is 6.81. The summed E-state index contributed by atoms with van der Waals surface area (Å²) < 4.78 is 48.0. The van der Waals surface area contributed by atoms with Crippen molar-refractivity contribution in [1.82, 2.24) is 14.9 Å². The van der Waals surface area contributed by atoms with Gasteiger partial charge < -0.3 is 19.9 Å². The number of nitrogens with zero attached hydrogens (tertiary/aromatic N) is 2. The molecule has 1 saturated carbocycles. The van der Waals surface area contributed by atoms with Crippen molar-refractivity contribution in [1.29, 1.82) is 0 Å². The van der Waals surface area contributed by atoms with Crippen molar-refractivity contribution in [3.8, 4) is 0 Å². The summed E-state index contributed by atoms with van der Waals surface area (Å²) in [5.41, 5.74) is 0.801. The van der Waals surface area contributed by atoms with Crippen LogP contribution in [-0.4, -0.2) is 46.1 Å². The molecule has 1 amide bonds. The van der Waals surface area contributed by atoms with E-state index in [4.69, 9.17) is 4.74 Å². The topological polar surface area (TPSA) is 87.3 Å². The zero-order valence-corrected chi connectivity index (χ0v) is 21.8. The van der Waals surface area contributed by atoms with Gasteiger partial charge in [-0.25, -0.2) is 4.98 Å². The molecule has 7 nitrogen and oxygen atoms in total. The van der Waals surface area contributed by atoms with Gasteiger partial charge in [0.1, 0.15) is 5.82 Å². The number of morpholine rings is 1. The molecule has 1 aromatic heterocycles. The van der Waals surface area contributed by atoms with Crippen LogP contribution < -0.4 is 10.9 Å². The van der Waals surface area contributed by atoms with Crippen molar-refractivity contribution in [3.05, 3.63) is 68.8 Å². The number of ether oxygens (including phenoxy) is 1. The van der Waals surface area contributed by atoms with Crippen LogP contribution in [0.15, 0.2) is 35.1 Å². The quantitative estimate of drug-likeness (QED) is 0.454. The van der Waals surface area contributed by atoms with Crippen LogP contribution >= 0.6 is 0 Å². The Hall–Kier alpha value is -3.40. The summed E-state index contributed by atoms with van der Waals surface area (Å²) in [7, 11) is 0. The third-order valence-electron chi connectivity index (χ3n) is 7.16. The van der Waals surface area contributed by atoms with E-state index in [9.17, 15) is 22.8 Å². The van der Waals surface area contributed by atoms with E-state index in [2.05, 4.69) is 15.3 Å². The van der Waals surface area contributed by atoms with Crippen LogP contribution in [0.5, 0.6) is 0 Å². The van der Waals surface area contributed by atoms with E-state index in [1.54, 1.807) is 24.0 Å². The molecule has 1 saturated heterocycles. The number of aryl methyl sites for hydroxylation is 1. The van der Waals surface area contributed by atoms with Gasteiger partial charge in [0.05, 0.1) is 28.7 Å². The van der Waals surface area contributed by atoms with Gasteiger partial charge in [-0.1, -0.05) is 0 Å². The van der Waals surface area contributed by atoms with E-state index < -0.39 is 23.3 Å². The maximum atomic E-state index is 14.1. The first-order valence-electron chi connectivity index (χ1n) is 12.9. The molecule has 0 unspecified atom stereocenters. The number of hydrogen-bond acceptors (Lipinski definition) is 5. The van der Waals surface area contributed by atoms with Gasteiger partial charge in [0.25, 0.3) is 11.5 Å². The third kappa shape index (κ3) is 5.27. The standard InChI is InChI=1S/C28H31F3N4O3/c1-14-12-35(13-15(2)38-14)27(37)19-7-8-24(21(9-19)18-5-6-18)32-16(3)20-10-22-25(11-23(20)28(29,30)31)33-17(4)34-26(22)36/h7-11,14-16,18,32H,5-6,12-13H2,1-4H3,(H,33,34,36)/t14-,15+,16-/m0/s1. The predicted octanol–water partition coefficient (Wildman–Crippen LogP) is 5.55. The van der Waals surface area contributed by atoms with Crippen LogP contribution in [0.2, 0.25) is 0 Å². The number of rotatable bonds is 5. The highest BCUT2D eigenvalue weighted by Gasteiger charge is 2.36. The van der Waals surface area contributed by atoms with Gasteiger partial charge in [-0.15, -0.1) is 0 Å². The molecule has 2 aliphatic rings. The van der Waals surface area contributed by atoms with Crippen LogP contribution in [0.4, 0.5) is 18.9 Å². The zero-order chi connectivity index (χ0) is 27.4. The number of amides is 1. The van der Waals surface area contributed by atoms with Crippen molar-refractivity contribution < 1.29 is 22.7 Å². The molecule has 0 radical (unpaired) electrons. The Balaban J connectivity index is 1.48. The number of nitrogens with one attached hydrogen (secondary N) is 2. The normalized spacial score (nSPS) is 21.0. The summed E-state index contributed by atoms with van der Waals surface area (Å²) in [6.07, 6.45) is -2.82. The fraction of sp³-hybridized carbons (Fsp3) is 0.464. The second-order valence-electron chi connectivity index (χ2n) is 10.5. The molecule has 1 aliphatic heterocycles. The maximum absolute atomic E-state index is 14.1. The van der Waals surface area contributed by atoms with Gasteiger partial charge in [-0.3, -0.25) is 9.59 Å². The van der Waals surface area contributed by atoms with Crippen LogP contribution in [0, 0.1) is 6.92 Å². The number of carbonyl (C=O) groups is 1.